The molecule has 0 fully saturated rings. The van der Waals surface area contributed by atoms with Gasteiger partial charge in [0.2, 0.25) is 5.91 Å². The van der Waals surface area contributed by atoms with Crippen LogP contribution < -0.4 is 11.1 Å². The molecule has 2 aromatic heterocycles. The molecule has 8 nitrogen and oxygen atoms in total. The Bertz CT molecular complexity index is 1050. The first-order chi connectivity index (χ1) is 13.7. The monoisotopic (exact) mass is 394 g/mol. The smallest absolute Gasteiger partial charge is 0.220 e. The quantitative estimate of drug-likeness (QED) is 0.636. The van der Waals surface area contributed by atoms with Crippen LogP contribution in [-0.2, 0) is 15.1 Å². The molecule has 0 aliphatic rings. The molecule has 29 heavy (non-hydrogen) atoms. The lowest BCUT2D eigenvalue weighted by Crippen LogP contribution is -2.41. The van der Waals surface area contributed by atoms with Gasteiger partial charge in [-0.15, -0.1) is 0 Å². The number of hydrogen-bond acceptors (Lipinski definition) is 6. The van der Waals surface area contributed by atoms with E-state index in [0.29, 0.717) is 29.1 Å². The van der Waals surface area contributed by atoms with Crippen molar-refractivity contribution in [1.82, 2.24) is 25.1 Å². The van der Waals surface area contributed by atoms with Crippen molar-refractivity contribution in [3.8, 4) is 11.3 Å². The summed E-state index contributed by atoms with van der Waals surface area (Å²) in [6, 6.07) is 8.01. The van der Waals surface area contributed by atoms with Gasteiger partial charge in [0, 0.05) is 24.9 Å². The van der Waals surface area contributed by atoms with E-state index in [4.69, 9.17) is 10.8 Å². The number of aryl methyl sites for hydroxylation is 1. The molecule has 0 aliphatic carbocycles. The Balaban J connectivity index is 1.96. The molecule has 0 unspecified atom stereocenters. The molecule has 3 N–H and O–H groups in total. The minimum absolute atomic E-state index is 0.00704. The Labute approximate surface area is 169 Å². The fourth-order valence-electron chi connectivity index (χ4n) is 3.08. The van der Waals surface area contributed by atoms with Crippen LogP contribution in [-0.4, -0.2) is 38.0 Å². The molecule has 0 spiro atoms. The fourth-order valence-corrected chi connectivity index (χ4v) is 3.08. The normalized spacial score (nSPS) is 11.6. The average molecular weight is 394 g/mol. The maximum Gasteiger partial charge on any atom is 0.220 e. The van der Waals surface area contributed by atoms with E-state index in [1.54, 1.807) is 4.68 Å². The van der Waals surface area contributed by atoms with Crippen LogP contribution in [0.1, 0.15) is 39.2 Å². The van der Waals surface area contributed by atoms with Crippen LogP contribution in [0, 0.1) is 6.92 Å². The molecule has 0 saturated carbocycles. The lowest BCUT2D eigenvalue weighted by atomic mass is 10.1. The number of ketones is 1. The van der Waals surface area contributed by atoms with Crippen molar-refractivity contribution in [3.63, 3.8) is 0 Å². The largest absolute Gasteiger partial charge is 0.383 e. The van der Waals surface area contributed by atoms with Crippen LogP contribution in [0.5, 0.6) is 0 Å². The number of benzene rings is 1. The third-order valence-corrected chi connectivity index (χ3v) is 4.81. The minimum atomic E-state index is -0.576. The number of carbonyl (C=O) groups is 2. The highest BCUT2D eigenvalue weighted by Gasteiger charge is 2.28. The molecule has 0 atom stereocenters. The molecule has 3 rings (SSSR count). The number of aromatic nitrogens is 4. The maximum absolute atomic E-state index is 12.1. The van der Waals surface area contributed by atoms with Gasteiger partial charge in [0.1, 0.15) is 23.6 Å². The zero-order valence-corrected chi connectivity index (χ0v) is 17.2. The predicted octanol–water partition coefficient (Wildman–Crippen LogP) is 2.60. The topological polar surface area (TPSA) is 116 Å². The predicted molar refractivity (Wildman–Crippen MR) is 112 cm³/mol. The summed E-state index contributed by atoms with van der Waals surface area (Å²) in [5.74, 6) is 0.183. The van der Waals surface area contributed by atoms with E-state index in [0.717, 1.165) is 11.1 Å². The highest BCUT2D eigenvalue weighted by Crippen LogP contribution is 2.32. The number of rotatable bonds is 7. The first-order valence-corrected chi connectivity index (χ1v) is 9.52. The second-order valence-electron chi connectivity index (χ2n) is 7.88. The van der Waals surface area contributed by atoms with Crippen molar-refractivity contribution in [3.05, 3.63) is 36.2 Å². The van der Waals surface area contributed by atoms with E-state index in [1.807, 2.05) is 45.0 Å². The van der Waals surface area contributed by atoms with Gasteiger partial charge >= 0.3 is 0 Å². The van der Waals surface area contributed by atoms with Gasteiger partial charge in [-0.2, -0.15) is 5.10 Å². The third kappa shape index (κ3) is 4.42. The van der Waals surface area contributed by atoms with E-state index in [-0.39, 0.29) is 24.5 Å². The SMILES string of the molecule is CC(=O)CCC(=O)NCC(C)(C)n1nc(-c2ccc(C)cc2)c2c(N)ncnc21. The van der Waals surface area contributed by atoms with E-state index >= 15 is 0 Å². The molecule has 0 aliphatic heterocycles. The molecular formula is C21H26N6O2. The summed E-state index contributed by atoms with van der Waals surface area (Å²) in [7, 11) is 0. The zero-order chi connectivity index (χ0) is 21.2. The van der Waals surface area contributed by atoms with E-state index < -0.39 is 5.54 Å². The molecular weight excluding hydrogens is 368 g/mol. The standard InChI is InChI=1S/C21H26N6O2/c1-13-5-8-15(9-6-13)18-17-19(22)24-12-25-20(17)27(26-18)21(3,4)11-23-16(29)10-7-14(2)28/h5-6,8-9,12H,7,10-11H2,1-4H3,(H,23,29)(H2,22,24,25). The van der Waals surface area contributed by atoms with E-state index in [1.165, 1.54) is 13.3 Å². The van der Waals surface area contributed by atoms with Crippen molar-refractivity contribution in [2.24, 2.45) is 0 Å². The number of fused-ring (bicyclic) bond motifs is 1. The number of anilines is 1. The van der Waals surface area contributed by atoms with E-state index in [2.05, 4.69) is 15.3 Å². The van der Waals surface area contributed by atoms with Gasteiger partial charge < -0.3 is 15.8 Å². The molecule has 0 saturated heterocycles. The summed E-state index contributed by atoms with van der Waals surface area (Å²) in [5, 5.41) is 8.38. The summed E-state index contributed by atoms with van der Waals surface area (Å²) in [5.41, 5.74) is 8.97. The van der Waals surface area contributed by atoms with Crippen LogP contribution in [0.15, 0.2) is 30.6 Å². The van der Waals surface area contributed by atoms with Crippen molar-refractivity contribution in [2.45, 2.75) is 46.1 Å². The summed E-state index contributed by atoms with van der Waals surface area (Å²) in [6.45, 7) is 7.75. The maximum atomic E-state index is 12.1. The summed E-state index contributed by atoms with van der Waals surface area (Å²) < 4.78 is 1.78. The lowest BCUT2D eigenvalue weighted by molar-refractivity contribution is -0.124. The van der Waals surface area contributed by atoms with Gasteiger partial charge in [0.05, 0.1) is 10.9 Å². The van der Waals surface area contributed by atoms with Gasteiger partial charge in [-0.1, -0.05) is 29.8 Å². The van der Waals surface area contributed by atoms with Crippen LogP contribution in [0.3, 0.4) is 0 Å². The first-order valence-electron chi connectivity index (χ1n) is 9.52. The highest BCUT2D eigenvalue weighted by atomic mass is 16.2. The summed E-state index contributed by atoms with van der Waals surface area (Å²) in [4.78, 5) is 31.7. The summed E-state index contributed by atoms with van der Waals surface area (Å²) >= 11 is 0. The molecule has 1 amide bonds. The number of nitrogens with zero attached hydrogens (tertiary/aromatic N) is 4. The first kappa shape index (κ1) is 20.4. The van der Waals surface area contributed by atoms with Gasteiger partial charge in [-0.3, -0.25) is 4.79 Å². The average Bonchev–Trinajstić information content (AvgIpc) is 3.07. The number of amides is 1. The number of hydrogen-bond donors (Lipinski definition) is 2. The van der Waals surface area contributed by atoms with Gasteiger partial charge in [-0.25, -0.2) is 14.6 Å². The van der Waals surface area contributed by atoms with Crippen molar-refractivity contribution >= 4 is 28.5 Å². The Morgan fingerprint density at radius 2 is 1.83 bits per heavy atom. The molecule has 2 heterocycles. The molecule has 0 bridgehead atoms. The number of nitrogen functional groups attached to an aromatic ring is 1. The highest BCUT2D eigenvalue weighted by molar-refractivity contribution is 5.98. The lowest BCUT2D eigenvalue weighted by Gasteiger charge is -2.26. The van der Waals surface area contributed by atoms with Crippen LogP contribution in [0.25, 0.3) is 22.3 Å². The number of nitrogens with one attached hydrogen (secondary N) is 1. The number of Topliss-reactive ketones (excluding diaryl/α,β-unsaturated/α-hetero) is 1. The molecule has 152 valence electrons. The van der Waals surface area contributed by atoms with E-state index in [9.17, 15) is 9.59 Å². The Morgan fingerprint density at radius 1 is 1.14 bits per heavy atom. The van der Waals surface area contributed by atoms with Crippen molar-refractivity contribution in [1.29, 1.82) is 0 Å². The molecule has 1 aromatic carbocycles. The van der Waals surface area contributed by atoms with Gasteiger partial charge in [-0.05, 0) is 27.7 Å². The number of nitrogens with two attached hydrogens (primary N) is 1. The Hall–Kier alpha value is -3.29. The molecule has 0 radical (unpaired) electrons. The van der Waals surface area contributed by atoms with Crippen molar-refractivity contribution in [2.75, 3.05) is 12.3 Å². The third-order valence-electron chi connectivity index (χ3n) is 4.81. The van der Waals surface area contributed by atoms with Gasteiger partial charge in [0.25, 0.3) is 0 Å². The van der Waals surface area contributed by atoms with Crippen molar-refractivity contribution < 1.29 is 9.59 Å². The minimum Gasteiger partial charge on any atom is -0.383 e. The van der Waals surface area contributed by atoms with Crippen LogP contribution in [0.4, 0.5) is 5.82 Å². The molecule has 3 aromatic rings. The molecule has 8 heteroatoms. The second kappa shape index (κ2) is 7.98. The van der Waals surface area contributed by atoms with Crippen LogP contribution in [0.2, 0.25) is 0 Å². The fraction of sp³-hybridized carbons (Fsp3) is 0.381. The Kier molecular flexibility index (Phi) is 5.63. The van der Waals surface area contributed by atoms with Crippen LogP contribution >= 0.6 is 0 Å². The van der Waals surface area contributed by atoms with Gasteiger partial charge in [0.15, 0.2) is 5.65 Å². The zero-order valence-electron chi connectivity index (χ0n) is 17.2. The summed E-state index contributed by atoms with van der Waals surface area (Å²) in [6.07, 6.45) is 1.82. The number of carbonyl (C=O) groups excluding carboxylic acids is 2. The Morgan fingerprint density at radius 3 is 2.48 bits per heavy atom. The second-order valence-corrected chi connectivity index (χ2v) is 7.88.